The number of benzene rings is 2. The zero-order valence-electron chi connectivity index (χ0n) is 8.68. The van der Waals surface area contributed by atoms with Crippen molar-refractivity contribution in [3.05, 3.63) is 52.7 Å². The third kappa shape index (κ3) is 3.60. The van der Waals surface area contributed by atoms with E-state index in [-0.39, 0.29) is 0 Å². The van der Waals surface area contributed by atoms with Crippen LogP contribution in [0.15, 0.2) is 52.7 Å². The molecule has 6 heteroatoms. The van der Waals surface area contributed by atoms with Gasteiger partial charge in [0, 0.05) is 17.9 Å². The molecule has 2 rings (SSSR count). The minimum Gasteiger partial charge on any atom is -0.456 e. The second kappa shape index (κ2) is 6.39. The highest BCUT2D eigenvalue weighted by Crippen LogP contribution is 2.40. The highest BCUT2D eigenvalue weighted by molar-refractivity contribution is 9.14. The van der Waals surface area contributed by atoms with Crippen molar-refractivity contribution in [3.63, 3.8) is 0 Å². The minimum atomic E-state index is 0.745. The predicted molar refractivity (Wildman–Crippen MR) is 91.5 cm³/mol. The maximum atomic E-state index is 5.85. The zero-order valence-corrected chi connectivity index (χ0v) is 16.6. The van der Waals surface area contributed by atoms with Crippen molar-refractivity contribution in [2.75, 3.05) is 0 Å². The van der Waals surface area contributed by atoms with E-state index in [0.29, 0.717) is 0 Å². The molecule has 0 amide bonds. The van der Waals surface area contributed by atoms with E-state index in [4.69, 9.17) is 4.74 Å². The number of ether oxygens (including phenoxy) is 1. The van der Waals surface area contributed by atoms with Crippen molar-refractivity contribution in [2.24, 2.45) is 0 Å². The normalized spacial score (nSPS) is 10.5. The van der Waals surface area contributed by atoms with Crippen LogP contribution in [0.4, 0.5) is 0 Å². The first-order chi connectivity index (χ1) is 8.47. The lowest BCUT2D eigenvalue weighted by Gasteiger charge is -2.10. The second-order valence-electron chi connectivity index (χ2n) is 3.38. The van der Waals surface area contributed by atoms with Gasteiger partial charge in [0.25, 0.3) is 0 Å². The molecular weight excluding hydrogens is 560 g/mol. The number of hydrogen-bond acceptors (Lipinski definition) is 1. The third-order valence-electron chi connectivity index (χ3n) is 2.06. The van der Waals surface area contributed by atoms with Gasteiger partial charge >= 0.3 is 0 Å². The fourth-order valence-corrected chi connectivity index (χ4v) is 3.90. The fourth-order valence-electron chi connectivity index (χ4n) is 1.30. The van der Waals surface area contributed by atoms with Crippen LogP contribution >= 0.6 is 79.6 Å². The van der Waals surface area contributed by atoms with E-state index in [2.05, 4.69) is 79.6 Å². The molecule has 0 radical (unpaired) electrons. The molecule has 0 saturated heterocycles. The lowest BCUT2D eigenvalue weighted by atomic mass is 10.3. The second-order valence-corrected chi connectivity index (χ2v) is 7.65. The molecule has 94 valence electrons. The molecule has 0 aliphatic carbocycles. The van der Waals surface area contributed by atoms with Gasteiger partial charge in [-0.25, -0.2) is 0 Å². The van der Waals surface area contributed by atoms with Crippen molar-refractivity contribution in [1.29, 1.82) is 0 Å². The van der Waals surface area contributed by atoms with Crippen LogP contribution in [0.3, 0.4) is 0 Å². The molecule has 0 spiro atoms. The van der Waals surface area contributed by atoms with E-state index in [1.807, 2.05) is 30.3 Å². The average Bonchev–Trinajstić information content (AvgIpc) is 2.29. The van der Waals surface area contributed by atoms with Crippen molar-refractivity contribution < 1.29 is 4.74 Å². The summed E-state index contributed by atoms with van der Waals surface area (Å²) in [6, 6.07) is 9.60. The van der Waals surface area contributed by atoms with Gasteiger partial charge in [-0.1, -0.05) is 31.9 Å². The number of rotatable bonds is 2. The van der Waals surface area contributed by atoms with Gasteiger partial charge in [0.05, 0.1) is 4.47 Å². The molecule has 1 nitrogen and oxygen atoms in total. The van der Waals surface area contributed by atoms with E-state index in [1.165, 1.54) is 0 Å². The van der Waals surface area contributed by atoms with Gasteiger partial charge in [-0.05, 0) is 78.1 Å². The van der Waals surface area contributed by atoms with Gasteiger partial charge in [0.1, 0.15) is 11.5 Å². The summed E-state index contributed by atoms with van der Waals surface area (Å²) in [5.41, 5.74) is 0. The van der Waals surface area contributed by atoms with Gasteiger partial charge in [0.2, 0.25) is 0 Å². The van der Waals surface area contributed by atoms with E-state index in [1.54, 1.807) is 0 Å². The Labute approximate surface area is 147 Å². The predicted octanol–water partition coefficient (Wildman–Crippen LogP) is 7.29. The maximum Gasteiger partial charge on any atom is 0.142 e. The Balaban J connectivity index is 2.37. The van der Waals surface area contributed by atoms with Crippen molar-refractivity contribution in [2.45, 2.75) is 0 Å². The Morgan fingerprint density at radius 2 is 1.33 bits per heavy atom. The Bertz CT molecular complexity index is 577. The standard InChI is InChI=1S/C12H5Br5O/c13-6-3-7(14)5-8(4-6)18-10-2-1-9(15)11(16)12(10)17/h1-5H. The topological polar surface area (TPSA) is 9.23 Å². The summed E-state index contributed by atoms with van der Waals surface area (Å²) in [6.45, 7) is 0. The van der Waals surface area contributed by atoms with Crippen molar-refractivity contribution >= 4 is 79.6 Å². The van der Waals surface area contributed by atoms with Gasteiger partial charge < -0.3 is 4.74 Å². The molecule has 0 aliphatic rings. The molecule has 0 unspecified atom stereocenters. The SMILES string of the molecule is Brc1cc(Br)cc(Oc2ccc(Br)c(Br)c2Br)c1. The van der Waals surface area contributed by atoms with Gasteiger partial charge in [-0.3, -0.25) is 0 Å². The van der Waals surface area contributed by atoms with Crippen molar-refractivity contribution in [3.8, 4) is 11.5 Å². The number of hydrogen-bond donors (Lipinski definition) is 0. The smallest absolute Gasteiger partial charge is 0.142 e. The quantitative estimate of drug-likeness (QED) is 0.348. The summed E-state index contributed by atoms with van der Waals surface area (Å²) >= 11 is 17.3. The average molecular weight is 565 g/mol. The van der Waals surface area contributed by atoms with Crippen LogP contribution in [-0.4, -0.2) is 0 Å². The lowest BCUT2D eigenvalue weighted by molar-refractivity contribution is 0.478. The van der Waals surface area contributed by atoms with Crippen LogP contribution in [0.2, 0.25) is 0 Å². The maximum absolute atomic E-state index is 5.85. The molecule has 0 aliphatic heterocycles. The van der Waals surface area contributed by atoms with Crippen LogP contribution in [-0.2, 0) is 0 Å². The minimum absolute atomic E-state index is 0.745. The molecule has 2 aromatic rings. The lowest BCUT2D eigenvalue weighted by Crippen LogP contribution is -1.87. The molecule has 0 bridgehead atoms. The largest absolute Gasteiger partial charge is 0.456 e. The first-order valence-corrected chi connectivity index (χ1v) is 8.71. The first-order valence-electron chi connectivity index (χ1n) is 4.75. The van der Waals surface area contributed by atoms with Gasteiger partial charge in [-0.15, -0.1) is 0 Å². The first kappa shape index (κ1) is 15.0. The highest BCUT2D eigenvalue weighted by atomic mass is 79.9. The molecule has 0 atom stereocenters. The van der Waals surface area contributed by atoms with Crippen molar-refractivity contribution in [1.82, 2.24) is 0 Å². The van der Waals surface area contributed by atoms with E-state index >= 15 is 0 Å². The molecule has 0 aromatic heterocycles. The Kier molecular flexibility index (Phi) is 5.34. The summed E-state index contributed by atoms with van der Waals surface area (Å²) < 4.78 is 10.5. The molecule has 0 fully saturated rings. The van der Waals surface area contributed by atoms with Crippen LogP contribution < -0.4 is 4.74 Å². The van der Waals surface area contributed by atoms with Gasteiger partial charge in [0.15, 0.2) is 0 Å². The Hall–Kier alpha value is 0.640. The molecule has 0 saturated carbocycles. The van der Waals surface area contributed by atoms with Crippen LogP contribution in [0.25, 0.3) is 0 Å². The molecular formula is C12H5Br5O. The summed E-state index contributed by atoms with van der Waals surface area (Å²) in [4.78, 5) is 0. The monoisotopic (exact) mass is 560 g/mol. The van der Waals surface area contributed by atoms with Crippen LogP contribution in [0.1, 0.15) is 0 Å². The summed E-state index contributed by atoms with van der Waals surface area (Å²) in [6.07, 6.45) is 0. The molecule has 18 heavy (non-hydrogen) atoms. The van der Waals surface area contributed by atoms with Crippen LogP contribution in [0, 0.1) is 0 Å². The summed E-state index contributed by atoms with van der Waals surface area (Å²) in [7, 11) is 0. The van der Waals surface area contributed by atoms with E-state index in [0.717, 1.165) is 33.9 Å². The Morgan fingerprint density at radius 1 is 0.722 bits per heavy atom. The molecule has 0 N–H and O–H groups in total. The summed E-state index contributed by atoms with van der Waals surface area (Å²) in [5, 5.41) is 0. The summed E-state index contributed by atoms with van der Waals surface area (Å²) in [5.74, 6) is 1.50. The Morgan fingerprint density at radius 3 is 1.94 bits per heavy atom. The van der Waals surface area contributed by atoms with Gasteiger partial charge in [-0.2, -0.15) is 0 Å². The van der Waals surface area contributed by atoms with E-state index in [9.17, 15) is 0 Å². The molecule has 0 heterocycles. The van der Waals surface area contributed by atoms with E-state index < -0.39 is 0 Å². The zero-order chi connectivity index (χ0) is 13.3. The fraction of sp³-hybridized carbons (Fsp3) is 0. The highest BCUT2D eigenvalue weighted by Gasteiger charge is 2.10. The number of halogens is 5. The van der Waals surface area contributed by atoms with Crippen LogP contribution in [0.5, 0.6) is 11.5 Å². The third-order valence-corrected chi connectivity index (χ3v) is 6.32. The molecule has 2 aromatic carbocycles.